The number of rotatable bonds is 10. The fourth-order valence-electron chi connectivity index (χ4n) is 1.73. The van der Waals surface area contributed by atoms with Crippen molar-refractivity contribution in [2.45, 2.75) is 37.5 Å². The van der Waals surface area contributed by atoms with E-state index in [-0.39, 0.29) is 5.75 Å². The number of hydrogen-bond donors (Lipinski definition) is 2. The van der Waals surface area contributed by atoms with Crippen LogP contribution >= 0.6 is 11.8 Å². The number of anilines is 1. The Morgan fingerprint density at radius 1 is 1.25 bits per heavy atom. The minimum Gasteiger partial charge on any atom is -0.399 e. The van der Waals surface area contributed by atoms with E-state index in [1.165, 1.54) is 11.8 Å². The second-order valence-corrected chi connectivity index (χ2v) is 7.79. The molecule has 1 aromatic rings. The topological polar surface area (TPSA) is 72.2 Å². The van der Waals surface area contributed by atoms with Crippen LogP contribution in [-0.2, 0) is 10.0 Å². The summed E-state index contributed by atoms with van der Waals surface area (Å²) >= 11 is 1.51. The summed E-state index contributed by atoms with van der Waals surface area (Å²) < 4.78 is 26.2. The van der Waals surface area contributed by atoms with Crippen LogP contribution in [0.4, 0.5) is 5.69 Å². The molecule has 1 rings (SSSR count). The molecule has 3 N–H and O–H groups in total. The summed E-state index contributed by atoms with van der Waals surface area (Å²) in [6.45, 7) is 2.68. The molecule has 0 aliphatic carbocycles. The normalized spacial score (nSPS) is 11.7. The maximum atomic E-state index is 11.8. The molecule has 0 atom stereocenters. The zero-order valence-electron chi connectivity index (χ0n) is 12.0. The number of thioether (sulfide) groups is 1. The van der Waals surface area contributed by atoms with Gasteiger partial charge < -0.3 is 5.73 Å². The molecular weight excluding hydrogens is 292 g/mol. The first-order valence-corrected chi connectivity index (χ1v) is 9.63. The number of sulfonamides is 1. The lowest BCUT2D eigenvalue weighted by Crippen LogP contribution is -2.28. The second kappa shape index (κ2) is 9.26. The first-order chi connectivity index (χ1) is 9.53. The highest BCUT2D eigenvalue weighted by Crippen LogP contribution is 2.20. The van der Waals surface area contributed by atoms with Crippen molar-refractivity contribution in [3.05, 3.63) is 24.3 Å². The molecule has 4 nitrogen and oxygen atoms in total. The Morgan fingerprint density at radius 3 is 2.75 bits per heavy atom. The summed E-state index contributed by atoms with van der Waals surface area (Å²) in [6, 6.07) is 7.48. The largest absolute Gasteiger partial charge is 0.399 e. The van der Waals surface area contributed by atoms with E-state index < -0.39 is 10.0 Å². The third-order valence-electron chi connectivity index (χ3n) is 2.83. The Morgan fingerprint density at radius 2 is 2.05 bits per heavy atom. The lowest BCUT2D eigenvalue weighted by Gasteiger charge is -2.06. The van der Waals surface area contributed by atoms with Crippen molar-refractivity contribution >= 4 is 27.5 Å². The van der Waals surface area contributed by atoms with Crippen LogP contribution in [0.5, 0.6) is 0 Å². The van der Waals surface area contributed by atoms with Gasteiger partial charge in [-0.25, -0.2) is 13.1 Å². The number of unbranched alkanes of at least 4 members (excludes halogenated alkanes) is 3. The quantitative estimate of drug-likeness (QED) is 0.395. The van der Waals surface area contributed by atoms with E-state index in [4.69, 9.17) is 5.73 Å². The molecule has 0 aliphatic heterocycles. The first-order valence-electron chi connectivity index (χ1n) is 6.99. The van der Waals surface area contributed by atoms with E-state index in [0.29, 0.717) is 18.0 Å². The van der Waals surface area contributed by atoms with Gasteiger partial charge in [0.1, 0.15) is 0 Å². The molecule has 0 spiro atoms. The van der Waals surface area contributed by atoms with Crippen molar-refractivity contribution in [1.82, 2.24) is 4.72 Å². The predicted molar refractivity (Wildman–Crippen MR) is 87.5 cm³/mol. The Balaban J connectivity index is 2.22. The van der Waals surface area contributed by atoms with E-state index in [1.54, 1.807) is 0 Å². The Kier molecular flexibility index (Phi) is 8.02. The molecule has 0 saturated heterocycles. The van der Waals surface area contributed by atoms with Crippen LogP contribution in [0.3, 0.4) is 0 Å². The fraction of sp³-hybridized carbons (Fsp3) is 0.571. The molecule has 20 heavy (non-hydrogen) atoms. The van der Waals surface area contributed by atoms with Gasteiger partial charge in [0.15, 0.2) is 0 Å². The van der Waals surface area contributed by atoms with Crippen LogP contribution in [0.2, 0.25) is 0 Å². The predicted octanol–water partition coefficient (Wildman–Crippen LogP) is 2.86. The van der Waals surface area contributed by atoms with E-state index in [0.717, 1.165) is 30.6 Å². The summed E-state index contributed by atoms with van der Waals surface area (Å²) in [7, 11) is -3.15. The molecule has 6 heteroatoms. The lowest BCUT2D eigenvalue weighted by molar-refractivity contribution is 0.575. The van der Waals surface area contributed by atoms with Gasteiger partial charge in [-0.15, -0.1) is 11.8 Å². The average Bonchev–Trinajstić information content (AvgIpc) is 2.38. The zero-order valence-corrected chi connectivity index (χ0v) is 13.6. The van der Waals surface area contributed by atoms with E-state index in [1.807, 2.05) is 24.3 Å². The molecule has 0 aromatic heterocycles. The monoisotopic (exact) mass is 316 g/mol. The van der Waals surface area contributed by atoms with Gasteiger partial charge in [-0.3, -0.25) is 0 Å². The van der Waals surface area contributed by atoms with Gasteiger partial charge in [0, 0.05) is 22.9 Å². The third kappa shape index (κ3) is 7.77. The minimum atomic E-state index is -3.15. The van der Waals surface area contributed by atoms with Crippen molar-refractivity contribution in [3.63, 3.8) is 0 Å². The van der Waals surface area contributed by atoms with Crippen LogP contribution in [0.25, 0.3) is 0 Å². The minimum absolute atomic E-state index is 0.139. The molecular formula is C14H24N2O2S2. The Bertz CT molecular complexity index is 490. The van der Waals surface area contributed by atoms with Crippen molar-refractivity contribution < 1.29 is 8.42 Å². The second-order valence-electron chi connectivity index (χ2n) is 4.69. The highest BCUT2D eigenvalue weighted by atomic mass is 32.2. The van der Waals surface area contributed by atoms with Crippen LogP contribution in [0, 0.1) is 0 Å². The van der Waals surface area contributed by atoms with Gasteiger partial charge >= 0.3 is 0 Å². The maximum Gasteiger partial charge on any atom is 0.212 e. The Hall–Kier alpha value is -0.720. The smallest absolute Gasteiger partial charge is 0.212 e. The third-order valence-corrected chi connectivity index (χ3v) is 5.47. The average molecular weight is 316 g/mol. The van der Waals surface area contributed by atoms with Gasteiger partial charge in [-0.1, -0.05) is 32.3 Å². The summed E-state index contributed by atoms with van der Waals surface area (Å²) in [6.07, 6.45) is 4.31. The fourth-order valence-corrected chi connectivity index (χ4v) is 4.17. The van der Waals surface area contributed by atoms with Gasteiger partial charge in [-0.05, 0) is 24.6 Å². The molecule has 1 aromatic carbocycles. The Labute approximate surface area is 126 Å². The number of benzene rings is 1. The van der Waals surface area contributed by atoms with Gasteiger partial charge in [0.2, 0.25) is 10.0 Å². The van der Waals surface area contributed by atoms with Gasteiger partial charge in [-0.2, -0.15) is 0 Å². The zero-order chi connectivity index (χ0) is 14.8. The highest BCUT2D eigenvalue weighted by molar-refractivity contribution is 8.00. The van der Waals surface area contributed by atoms with Crippen LogP contribution in [-0.4, -0.2) is 26.5 Å². The number of nitrogen functional groups attached to an aromatic ring is 1. The van der Waals surface area contributed by atoms with Crippen LogP contribution in [0.1, 0.15) is 32.6 Å². The SMILES string of the molecule is CCCCCCNS(=O)(=O)CCSc1cccc(N)c1. The number of nitrogens with two attached hydrogens (primary N) is 1. The van der Waals surface area contributed by atoms with Gasteiger partial charge in [0.25, 0.3) is 0 Å². The van der Waals surface area contributed by atoms with Crippen molar-refractivity contribution in [3.8, 4) is 0 Å². The number of hydrogen-bond acceptors (Lipinski definition) is 4. The molecule has 0 amide bonds. The van der Waals surface area contributed by atoms with Crippen molar-refractivity contribution in [1.29, 1.82) is 0 Å². The number of nitrogens with one attached hydrogen (secondary N) is 1. The van der Waals surface area contributed by atoms with Crippen molar-refractivity contribution in [2.24, 2.45) is 0 Å². The highest BCUT2D eigenvalue weighted by Gasteiger charge is 2.09. The van der Waals surface area contributed by atoms with Crippen LogP contribution < -0.4 is 10.5 Å². The summed E-state index contributed by atoms with van der Waals surface area (Å²) in [5.41, 5.74) is 6.38. The van der Waals surface area contributed by atoms with Crippen molar-refractivity contribution in [2.75, 3.05) is 23.8 Å². The van der Waals surface area contributed by atoms with E-state index in [9.17, 15) is 8.42 Å². The molecule has 114 valence electrons. The molecule has 0 saturated carbocycles. The summed E-state index contributed by atoms with van der Waals surface area (Å²) in [5, 5.41) is 0. The summed E-state index contributed by atoms with van der Waals surface area (Å²) in [5.74, 6) is 0.675. The van der Waals surface area contributed by atoms with E-state index >= 15 is 0 Å². The lowest BCUT2D eigenvalue weighted by atomic mass is 10.2. The molecule has 0 bridgehead atoms. The standard InChI is InChI=1S/C14H24N2O2S2/c1-2-3-4-5-9-16-20(17,18)11-10-19-14-8-6-7-13(15)12-14/h6-8,12,16H,2-5,9-11,15H2,1H3. The molecule has 0 aliphatic rings. The molecule has 0 radical (unpaired) electrons. The molecule has 0 heterocycles. The summed E-state index contributed by atoms with van der Waals surface area (Å²) in [4.78, 5) is 1.00. The van der Waals surface area contributed by atoms with Gasteiger partial charge in [0.05, 0.1) is 5.75 Å². The van der Waals surface area contributed by atoms with E-state index in [2.05, 4.69) is 11.6 Å². The van der Waals surface area contributed by atoms with Crippen LogP contribution in [0.15, 0.2) is 29.2 Å². The molecule has 0 unspecified atom stereocenters. The molecule has 0 fully saturated rings. The maximum absolute atomic E-state index is 11.8. The first kappa shape index (κ1) is 17.3.